The van der Waals surface area contributed by atoms with Crippen molar-refractivity contribution in [3.05, 3.63) is 23.8 Å². The van der Waals surface area contributed by atoms with Crippen LogP contribution in [0.2, 0.25) is 0 Å². The molecule has 5 heteroatoms. The summed E-state index contributed by atoms with van der Waals surface area (Å²) in [5.41, 5.74) is 1.77. The lowest BCUT2D eigenvalue weighted by Crippen LogP contribution is -2.37. The lowest BCUT2D eigenvalue weighted by Gasteiger charge is -2.15. The number of hydrogen-bond donors (Lipinski definition) is 2. The van der Waals surface area contributed by atoms with Gasteiger partial charge in [0, 0.05) is 12.1 Å². The van der Waals surface area contributed by atoms with Crippen LogP contribution in [0.25, 0.3) is 0 Å². The third kappa shape index (κ3) is 3.10. The van der Waals surface area contributed by atoms with Crippen LogP contribution in [0.1, 0.15) is 38.2 Å². The molecule has 2 rings (SSSR count). The second kappa shape index (κ2) is 5.94. The molecule has 1 fully saturated rings. The zero-order valence-corrected chi connectivity index (χ0v) is 12.0. The Kier molecular flexibility index (Phi) is 4.27. The van der Waals surface area contributed by atoms with Crippen LogP contribution in [0, 0.1) is 0 Å². The Balaban J connectivity index is 2.11. The number of amides is 2. The first-order valence-electron chi connectivity index (χ1n) is 6.79. The van der Waals surface area contributed by atoms with Gasteiger partial charge in [-0.2, -0.15) is 0 Å². The summed E-state index contributed by atoms with van der Waals surface area (Å²) in [6.45, 7) is 4.14. The van der Waals surface area contributed by atoms with Crippen molar-refractivity contribution in [1.29, 1.82) is 0 Å². The van der Waals surface area contributed by atoms with Crippen LogP contribution >= 0.6 is 0 Å². The van der Waals surface area contributed by atoms with Crippen LogP contribution in [0.5, 0.6) is 5.75 Å². The maximum Gasteiger partial charge on any atom is 0.246 e. The number of benzene rings is 1. The van der Waals surface area contributed by atoms with Gasteiger partial charge in [-0.3, -0.25) is 9.59 Å². The molecule has 0 bridgehead atoms. The predicted molar refractivity (Wildman–Crippen MR) is 76.9 cm³/mol. The Morgan fingerprint density at radius 2 is 2.20 bits per heavy atom. The average Bonchev–Trinajstić information content (AvgIpc) is 2.85. The summed E-state index contributed by atoms with van der Waals surface area (Å²) in [6, 6.07) is 5.14. The van der Waals surface area contributed by atoms with E-state index in [9.17, 15) is 9.59 Å². The van der Waals surface area contributed by atoms with Gasteiger partial charge >= 0.3 is 0 Å². The van der Waals surface area contributed by atoms with E-state index < -0.39 is 6.04 Å². The summed E-state index contributed by atoms with van der Waals surface area (Å²) in [4.78, 5) is 23.2. The van der Waals surface area contributed by atoms with Gasteiger partial charge in [-0.05, 0) is 36.1 Å². The fraction of sp³-hybridized carbons (Fsp3) is 0.467. The molecule has 1 aromatic carbocycles. The number of rotatable bonds is 4. The van der Waals surface area contributed by atoms with Crippen molar-refractivity contribution >= 4 is 17.5 Å². The third-order valence-electron chi connectivity index (χ3n) is 3.43. The van der Waals surface area contributed by atoms with Crippen LogP contribution < -0.4 is 15.4 Å². The second-order valence-electron chi connectivity index (χ2n) is 5.26. The molecule has 1 aromatic rings. The highest BCUT2D eigenvalue weighted by Crippen LogP contribution is 2.29. The first-order valence-corrected chi connectivity index (χ1v) is 6.79. The minimum Gasteiger partial charge on any atom is -0.496 e. The van der Waals surface area contributed by atoms with Gasteiger partial charge in [-0.1, -0.05) is 13.8 Å². The molecule has 1 unspecified atom stereocenters. The van der Waals surface area contributed by atoms with Gasteiger partial charge in [0.05, 0.1) is 7.11 Å². The molecule has 1 atom stereocenters. The van der Waals surface area contributed by atoms with Crippen LogP contribution in [0.4, 0.5) is 5.69 Å². The SMILES string of the molecule is COc1ccc(NC(=O)C2CCC(=O)N2)cc1C(C)C. The molecule has 0 radical (unpaired) electrons. The molecule has 5 nitrogen and oxygen atoms in total. The van der Waals surface area contributed by atoms with Crippen molar-refractivity contribution in [2.24, 2.45) is 0 Å². The van der Waals surface area contributed by atoms with Gasteiger partial charge in [-0.15, -0.1) is 0 Å². The number of methoxy groups -OCH3 is 1. The van der Waals surface area contributed by atoms with Gasteiger partial charge in [0.1, 0.15) is 11.8 Å². The minimum atomic E-state index is -0.424. The van der Waals surface area contributed by atoms with Gasteiger partial charge in [0.2, 0.25) is 11.8 Å². The maximum atomic E-state index is 12.0. The Morgan fingerprint density at radius 3 is 2.75 bits per heavy atom. The normalized spacial score (nSPS) is 18.0. The van der Waals surface area contributed by atoms with E-state index in [1.54, 1.807) is 13.2 Å². The molecule has 0 aromatic heterocycles. The molecule has 0 spiro atoms. The Hall–Kier alpha value is -2.04. The molecule has 20 heavy (non-hydrogen) atoms. The monoisotopic (exact) mass is 276 g/mol. The number of hydrogen-bond acceptors (Lipinski definition) is 3. The summed E-state index contributed by atoms with van der Waals surface area (Å²) >= 11 is 0. The van der Waals surface area contributed by atoms with E-state index in [0.29, 0.717) is 18.8 Å². The molecule has 2 N–H and O–H groups in total. The lowest BCUT2D eigenvalue weighted by molar-refractivity contribution is -0.122. The smallest absolute Gasteiger partial charge is 0.246 e. The Labute approximate surface area is 118 Å². The molecular formula is C15H20N2O3. The first kappa shape index (κ1) is 14.4. The molecular weight excluding hydrogens is 256 g/mol. The van der Waals surface area contributed by atoms with E-state index in [1.807, 2.05) is 12.1 Å². The van der Waals surface area contributed by atoms with Crippen molar-refractivity contribution in [2.75, 3.05) is 12.4 Å². The molecule has 0 aliphatic carbocycles. The van der Waals surface area contributed by atoms with Crippen LogP contribution in [0.15, 0.2) is 18.2 Å². The number of ether oxygens (including phenoxy) is 1. The lowest BCUT2D eigenvalue weighted by atomic mass is 10.0. The number of nitrogens with one attached hydrogen (secondary N) is 2. The van der Waals surface area contributed by atoms with Crippen molar-refractivity contribution in [2.45, 2.75) is 38.6 Å². The van der Waals surface area contributed by atoms with E-state index >= 15 is 0 Å². The summed E-state index contributed by atoms with van der Waals surface area (Å²) in [5, 5.41) is 5.50. The van der Waals surface area contributed by atoms with Crippen molar-refractivity contribution in [1.82, 2.24) is 5.32 Å². The zero-order chi connectivity index (χ0) is 14.7. The summed E-state index contributed by atoms with van der Waals surface area (Å²) in [5.74, 6) is 0.874. The molecule has 108 valence electrons. The average molecular weight is 276 g/mol. The Bertz CT molecular complexity index is 526. The minimum absolute atomic E-state index is 0.0669. The molecule has 1 saturated heterocycles. The molecule has 2 amide bonds. The van der Waals surface area contributed by atoms with E-state index in [2.05, 4.69) is 24.5 Å². The van der Waals surface area contributed by atoms with E-state index in [-0.39, 0.29) is 11.8 Å². The van der Waals surface area contributed by atoms with Gasteiger partial charge in [0.15, 0.2) is 0 Å². The van der Waals surface area contributed by atoms with Crippen LogP contribution in [-0.4, -0.2) is 25.0 Å². The van der Waals surface area contributed by atoms with Crippen LogP contribution in [0.3, 0.4) is 0 Å². The zero-order valence-electron chi connectivity index (χ0n) is 12.0. The highest BCUT2D eigenvalue weighted by atomic mass is 16.5. The van der Waals surface area contributed by atoms with Crippen molar-refractivity contribution in [3.63, 3.8) is 0 Å². The van der Waals surface area contributed by atoms with Gasteiger partial charge in [0.25, 0.3) is 0 Å². The van der Waals surface area contributed by atoms with Crippen LogP contribution in [-0.2, 0) is 9.59 Å². The van der Waals surface area contributed by atoms with Crippen molar-refractivity contribution < 1.29 is 14.3 Å². The van der Waals surface area contributed by atoms with E-state index in [0.717, 1.165) is 17.0 Å². The third-order valence-corrected chi connectivity index (χ3v) is 3.43. The fourth-order valence-electron chi connectivity index (χ4n) is 2.30. The van der Waals surface area contributed by atoms with E-state index in [1.165, 1.54) is 0 Å². The molecule has 1 heterocycles. The maximum absolute atomic E-state index is 12.0. The quantitative estimate of drug-likeness (QED) is 0.884. The highest BCUT2D eigenvalue weighted by Gasteiger charge is 2.27. The molecule has 1 aliphatic heterocycles. The number of carbonyl (C=O) groups excluding carboxylic acids is 2. The van der Waals surface area contributed by atoms with Gasteiger partial charge in [-0.25, -0.2) is 0 Å². The largest absolute Gasteiger partial charge is 0.496 e. The molecule has 1 aliphatic rings. The van der Waals surface area contributed by atoms with Gasteiger partial charge < -0.3 is 15.4 Å². The Morgan fingerprint density at radius 1 is 1.45 bits per heavy atom. The van der Waals surface area contributed by atoms with E-state index in [4.69, 9.17) is 4.74 Å². The topological polar surface area (TPSA) is 67.4 Å². The molecule has 0 saturated carbocycles. The van der Waals surface area contributed by atoms with Crippen molar-refractivity contribution in [3.8, 4) is 5.75 Å². The summed E-state index contributed by atoms with van der Waals surface area (Å²) < 4.78 is 5.31. The summed E-state index contributed by atoms with van der Waals surface area (Å²) in [6.07, 6.45) is 0.968. The predicted octanol–water partition coefficient (Wildman–Crippen LogP) is 2.04. The summed E-state index contributed by atoms with van der Waals surface area (Å²) in [7, 11) is 1.63. The number of carbonyl (C=O) groups is 2. The number of anilines is 1. The second-order valence-corrected chi connectivity index (χ2v) is 5.26. The standard InChI is InChI=1S/C15H20N2O3/c1-9(2)11-8-10(4-6-13(11)20-3)16-15(19)12-5-7-14(18)17-12/h4,6,8-9,12H,5,7H2,1-3H3,(H,16,19)(H,17,18). The first-order chi connectivity index (χ1) is 9.51. The fourth-order valence-corrected chi connectivity index (χ4v) is 2.30. The highest BCUT2D eigenvalue weighted by molar-refractivity contribution is 5.99.